The molecule has 1 aromatic heterocycles. The van der Waals surface area contributed by atoms with Gasteiger partial charge in [-0.2, -0.15) is 5.10 Å². The summed E-state index contributed by atoms with van der Waals surface area (Å²) in [5.41, 5.74) is 1.24. The van der Waals surface area contributed by atoms with Crippen molar-refractivity contribution in [2.24, 2.45) is 5.10 Å². The molecule has 1 aromatic carbocycles. The average Bonchev–Trinajstić information content (AvgIpc) is 2.60. The fourth-order valence-corrected chi connectivity index (χ4v) is 2.25. The number of aromatic amines is 1. The van der Waals surface area contributed by atoms with Crippen LogP contribution in [0, 0.1) is 0 Å². The van der Waals surface area contributed by atoms with Gasteiger partial charge in [0.1, 0.15) is 5.56 Å². The highest BCUT2D eigenvalue weighted by atomic mass is 16.3. The van der Waals surface area contributed by atoms with Gasteiger partial charge >= 0.3 is 5.69 Å². The van der Waals surface area contributed by atoms with Crippen LogP contribution in [0.4, 0.5) is 0 Å². The van der Waals surface area contributed by atoms with Gasteiger partial charge in [-0.25, -0.2) is 10.2 Å². The number of unbranched alkanes of at least 4 members (excludes halogenated alkanes) is 1. The van der Waals surface area contributed by atoms with Crippen LogP contribution in [0.2, 0.25) is 0 Å². The Balaban J connectivity index is 2.32. The van der Waals surface area contributed by atoms with Crippen LogP contribution >= 0.6 is 0 Å². The molecular weight excluding hydrogens is 324 g/mol. The Morgan fingerprint density at radius 2 is 1.96 bits per heavy atom. The van der Waals surface area contributed by atoms with Crippen molar-refractivity contribution in [3.05, 3.63) is 62.3 Å². The highest BCUT2D eigenvalue weighted by Crippen LogP contribution is 2.12. The third kappa shape index (κ3) is 4.23. The largest absolute Gasteiger partial charge is 0.494 e. The first-order valence-electron chi connectivity index (χ1n) is 7.91. The Hall–Kier alpha value is -3.16. The monoisotopic (exact) mass is 344 g/mol. The standard InChI is InChI=1S/C17H20N4O4/c1-3-4-10-21-16(24)13(15(23)18-17(21)25)11(2)19-20-14(22)12-8-6-5-7-9-12/h5-9,24H,3-4,10H2,1-2H3,(H,20,22)(H,18,23,25). The van der Waals surface area contributed by atoms with Crippen molar-refractivity contribution < 1.29 is 9.90 Å². The number of nitrogens with one attached hydrogen (secondary N) is 2. The number of nitrogens with zero attached hydrogens (tertiary/aromatic N) is 2. The van der Waals surface area contributed by atoms with E-state index < -0.39 is 23.0 Å². The first kappa shape index (κ1) is 18.2. The summed E-state index contributed by atoms with van der Waals surface area (Å²) in [6.45, 7) is 3.68. The molecule has 1 amide bonds. The van der Waals surface area contributed by atoms with E-state index in [1.807, 2.05) is 6.92 Å². The molecule has 0 aliphatic rings. The fourth-order valence-electron chi connectivity index (χ4n) is 2.25. The molecule has 0 radical (unpaired) electrons. The minimum absolute atomic E-state index is 0.0910. The third-order valence-electron chi connectivity index (χ3n) is 3.63. The molecule has 0 spiro atoms. The number of hydrogen-bond acceptors (Lipinski definition) is 5. The summed E-state index contributed by atoms with van der Waals surface area (Å²) in [7, 11) is 0. The number of carbonyl (C=O) groups is 1. The molecule has 0 unspecified atom stereocenters. The summed E-state index contributed by atoms with van der Waals surface area (Å²) >= 11 is 0. The van der Waals surface area contributed by atoms with Gasteiger partial charge in [-0.05, 0) is 25.5 Å². The molecule has 2 aromatic rings. The molecule has 0 aliphatic heterocycles. The third-order valence-corrected chi connectivity index (χ3v) is 3.63. The molecule has 0 bridgehead atoms. The zero-order valence-corrected chi connectivity index (χ0v) is 14.1. The van der Waals surface area contributed by atoms with Crippen LogP contribution < -0.4 is 16.7 Å². The van der Waals surface area contributed by atoms with E-state index in [9.17, 15) is 19.5 Å². The average molecular weight is 344 g/mol. The molecular formula is C17H20N4O4. The number of aromatic nitrogens is 2. The SMILES string of the molecule is CCCCn1c(O)c(C(C)=NNC(=O)c2ccccc2)c(=O)[nH]c1=O. The summed E-state index contributed by atoms with van der Waals surface area (Å²) < 4.78 is 1.08. The van der Waals surface area contributed by atoms with Gasteiger partial charge in [0.25, 0.3) is 11.5 Å². The summed E-state index contributed by atoms with van der Waals surface area (Å²) in [5, 5.41) is 14.1. The predicted molar refractivity (Wildman–Crippen MR) is 94.0 cm³/mol. The first-order valence-corrected chi connectivity index (χ1v) is 7.91. The summed E-state index contributed by atoms with van der Waals surface area (Å²) in [6, 6.07) is 8.45. The second-order valence-corrected chi connectivity index (χ2v) is 5.47. The van der Waals surface area contributed by atoms with Crippen molar-refractivity contribution >= 4 is 11.6 Å². The van der Waals surface area contributed by atoms with Gasteiger partial charge in [0, 0.05) is 12.1 Å². The molecule has 0 fully saturated rings. The minimum Gasteiger partial charge on any atom is -0.494 e. The van der Waals surface area contributed by atoms with Crippen LogP contribution in [-0.2, 0) is 6.54 Å². The lowest BCUT2D eigenvalue weighted by Gasteiger charge is -2.10. The molecule has 8 heteroatoms. The normalized spacial score (nSPS) is 11.4. The van der Waals surface area contributed by atoms with E-state index >= 15 is 0 Å². The molecule has 1 heterocycles. The molecule has 8 nitrogen and oxygen atoms in total. The highest BCUT2D eigenvalue weighted by molar-refractivity contribution is 6.02. The molecule has 2 rings (SSSR count). The highest BCUT2D eigenvalue weighted by Gasteiger charge is 2.17. The fraction of sp³-hybridized carbons (Fsp3) is 0.294. The topological polar surface area (TPSA) is 117 Å². The van der Waals surface area contributed by atoms with Crippen molar-refractivity contribution in [1.29, 1.82) is 0 Å². The van der Waals surface area contributed by atoms with Gasteiger partial charge in [-0.3, -0.25) is 19.1 Å². The maximum absolute atomic E-state index is 12.0. The Morgan fingerprint density at radius 3 is 2.60 bits per heavy atom. The zero-order chi connectivity index (χ0) is 18.4. The van der Waals surface area contributed by atoms with E-state index in [0.717, 1.165) is 11.0 Å². The van der Waals surface area contributed by atoms with Crippen LogP contribution in [0.5, 0.6) is 5.88 Å². The molecule has 0 aliphatic carbocycles. The lowest BCUT2D eigenvalue weighted by molar-refractivity contribution is 0.0955. The molecule has 25 heavy (non-hydrogen) atoms. The minimum atomic E-state index is -0.759. The van der Waals surface area contributed by atoms with E-state index in [0.29, 0.717) is 12.0 Å². The number of amides is 1. The quantitative estimate of drug-likeness (QED) is 0.539. The number of hydrazone groups is 1. The van der Waals surface area contributed by atoms with E-state index in [-0.39, 0.29) is 17.8 Å². The van der Waals surface area contributed by atoms with Crippen molar-refractivity contribution in [3.8, 4) is 5.88 Å². The summed E-state index contributed by atoms with van der Waals surface area (Å²) in [6.07, 6.45) is 1.49. The second-order valence-electron chi connectivity index (χ2n) is 5.47. The Kier molecular flexibility index (Phi) is 5.89. The van der Waals surface area contributed by atoms with Gasteiger partial charge in [0.05, 0.1) is 5.71 Å². The Bertz CT molecular complexity index is 897. The van der Waals surface area contributed by atoms with Crippen molar-refractivity contribution in [2.75, 3.05) is 0 Å². The van der Waals surface area contributed by atoms with E-state index in [1.54, 1.807) is 30.3 Å². The molecule has 0 saturated carbocycles. The van der Waals surface area contributed by atoms with Crippen molar-refractivity contribution in [1.82, 2.24) is 15.0 Å². The van der Waals surface area contributed by atoms with Crippen LogP contribution in [0.25, 0.3) is 0 Å². The number of benzene rings is 1. The van der Waals surface area contributed by atoms with E-state index in [4.69, 9.17) is 0 Å². The maximum atomic E-state index is 12.0. The van der Waals surface area contributed by atoms with Gasteiger partial charge in [-0.15, -0.1) is 0 Å². The number of aromatic hydroxyl groups is 1. The second kappa shape index (κ2) is 8.09. The summed E-state index contributed by atoms with van der Waals surface area (Å²) in [4.78, 5) is 38.0. The van der Waals surface area contributed by atoms with Crippen LogP contribution in [-0.4, -0.2) is 26.3 Å². The Morgan fingerprint density at radius 1 is 1.28 bits per heavy atom. The van der Waals surface area contributed by atoms with E-state index in [2.05, 4.69) is 15.5 Å². The summed E-state index contributed by atoms with van der Waals surface area (Å²) in [5.74, 6) is -0.910. The first-order chi connectivity index (χ1) is 12.0. The van der Waals surface area contributed by atoms with Crippen LogP contribution in [0.3, 0.4) is 0 Å². The van der Waals surface area contributed by atoms with Gasteiger partial charge in [0.2, 0.25) is 5.88 Å². The smallest absolute Gasteiger partial charge is 0.331 e. The molecule has 0 atom stereocenters. The van der Waals surface area contributed by atoms with Crippen LogP contribution in [0.15, 0.2) is 45.0 Å². The van der Waals surface area contributed by atoms with Gasteiger partial charge < -0.3 is 5.11 Å². The zero-order valence-electron chi connectivity index (χ0n) is 14.1. The molecule has 0 saturated heterocycles. The molecule has 3 N–H and O–H groups in total. The predicted octanol–water partition coefficient (Wildman–Crippen LogP) is 1.20. The van der Waals surface area contributed by atoms with Crippen molar-refractivity contribution in [3.63, 3.8) is 0 Å². The van der Waals surface area contributed by atoms with Crippen molar-refractivity contribution in [2.45, 2.75) is 33.2 Å². The van der Waals surface area contributed by atoms with Crippen LogP contribution in [0.1, 0.15) is 42.6 Å². The number of hydrogen-bond donors (Lipinski definition) is 3. The lowest BCUT2D eigenvalue weighted by atomic mass is 10.2. The Labute approximate surface area is 143 Å². The lowest BCUT2D eigenvalue weighted by Crippen LogP contribution is -2.34. The molecule has 132 valence electrons. The van der Waals surface area contributed by atoms with Gasteiger partial charge in [0.15, 0.2) is 0 Å². The van der Waals surface area contributed by atoms with Gasteiger partial charge in [-0.1, -0.05) is 31.5 Å². The number of rotatable bonds is 6. The number of H-pyrrole nitrogens is 1. The number of carbonyl (C=O) groups excluding carboxylic acids is 1. The maximum Gasteiger partial charge on any atom is 0.331 e. The van der Waals surface area contributed by atoms with E-state index in [1.165, 1.54) is 6.92 Å².